The maximum Gasteiger partial charge on any atom is 0.341 e. The lowest BCUT2D eigenvalue weighted by molar-refractivity contribution is -0.116. The number of fused-ring (bicyclic) bond motifs is 1. The number of carbonyl (C=O) groups is 2. The minimum atomic E-state index is -0.379. The highest BCUT2D eigenvalue weighted by Crippen LogP contribution is 2.36. The summed E-state index contributed by atoms with van der Waals surface area (Å²) in [6, 6.07) is 7.67. The fraction of sp³-hybridized carbons (Fsp3) is 0.524. The Morgan fingerprint density at radius 2 is 1.69 bits per heavy atom. The van der Waals surface area contributed by atoms with Crippen molar-refractivity contribution in [2.24, 2.45) is 0 Å². The van der Waals surface area contributed by atoms with Crippen LogP contribution in [-0.4, -0.2) is 18.5 Å². The van der Waals surface area contributed by atoms with Crippen LogP contribution in [0.25, 0.3) is 10.1 Å². The number of nitrogens with one attached hydrogen (secondary N) is 1. The van der Waals surface area contributed by atoms with E-state index in [1.54, 1.807) is 6.92 Å². The maximum absolute atomic E-state index is 12.3. The monoisotopic (exact) mass is 375 g/mol. The molecule has 0 saturated heterocycles. The summed E-state index contributed by atoms with van der Waals surface area (Å²) in [5.41, 5.74) is 0.473. The van der Waals surface area contributed by atoms with E-state index in [2.05, 4.69) is 12.2 Å². The molecule has 1 amide bonds. The van der Waals surface area contributed by atoms with Crippen molar-refractivity contribution in [2.45, 2.75) is 65.2 Å². The summed E-state index contributed by atoms with van der Waals surface area (Å²) in [5.74, 6) is -0.410. The van der Waals surface area contributed by atoms with Crippen LogP contribution in [0.3, 0.4) is 0 Å². The average molecular weight is 376 g/mol. The molecule has 0 aliphatic carbocycles. The van der Waals surface area contributed by atoms with E-state index in [1.807, 2.05) is 24.3 Å². The zero-order chi connectivity index (χ0) is 18.8. The van der Waals surface area contributed by atoms with Crippen molar-refractivity contribution >= 4 is 38.3 Å². The van der Waals surface area contributed by atoms with Gasteiger partial charge < -0.3 is 10.1 Å². The van der Waals surface area contributed by atoms with Crippen molar-refractivity contribution < 1.29 is 14.3 Å². The van der Waals surface area contributed by atoms with Gasteiger partial charge in [0.2, 0.25) is 5.91 Å². The average Bonchev–Trinajstić information content (AvgIpc) is 2.99. The Hall–Kier alpha value is -1.88. The molecule has 0 aliphatic rings. The van der Waals surface area contributed by atoms with Crippen LogP contribution in [0.4, 0.5) is 5.00 Å². The summed E-state index contributed by atoms with van der Waals surface area (Å²) < 4.78 is 6.15. The van der Waals surface area contributed by atoms with Crippen molar-refractivity contribution in [3.05, 3.63) is 29.8 Å². The molecule has 0 unspecified atom stereocenters. The van der Waals surface area contributed by atoms with Gasteiger partial charge in [-0.1, -0.05) is 63.6 Å². The molecule has 0 spiro atoms. The largest absolute Gasteiger partial charge is 0.462 e. The highest BCUT2D eigenvalue weighted by Gasteiger charge is 2.21. The molecule has 0 atom stereocenters. The topological polar surface area (TPSA) is 55.4 Å². The summed E-state index contributed by atoms with van der Waals surface area (Å²) in [6.07, 6.45) is 8.72. The number of hydrogen-bond acceptors (Lipinski definition) is 4. The molecule has 142 valence electrons. The van der Waals surface area contributed by atoms with Crippen molar-refractivity contribution in [1.82, 2.24) is 0 Å². The third-order valence-corrected chi connectivity index (χ3v) is 5.42. The number of thiophene rings is 1. The van der Waals surface area contributed by atoms with Crippen molar-refractivity contribution in [1.29, 1.82) is 0 Å². The minimum Gasteiger partial charge on any atom is -0.462 e. The normalized spacial score (nSPS) is 10.8. The van der Waals surface area contributed by atoms with Gasteiger partial charge >= 0.3 is 5.97 Å². The fourth-order valence-electron chi connectivity index (χ4n) is 2.97. The predicted octanol–water partition coefficient (Wildman–Crippen LogP) is 6.16. The first-order valence-corrected chi connectivity index (χ1v) is 10.5. The van der Waals surface area contributed by atoms with E-state index in [1.165, 1.54) is 43.4 Å². The standard InChI is InChI=1S/C21H29NO3S/c1-3-5-6-7-8-9-10-15-18(23)22-20-19(21(24)25-4-2)16-13-11-12-14-17(16)26-20/h11-14H,3-10,15H2,1-2H3,(H,22,23). The van der Waals surface area contributed by atoms with Gasteiger partial charge in [-0.15, -0.1) is 11.3 Å². The zero-order valence-electron chi connectivity index (χ0n) is 15.8. The van der Waals surface area contributed by atoms with Gasteiger partial charge in [0, 0.05) is 16.5 Å². The molecule has 1 heterocycles. The molecule has 2 aromatic rings. The molecule has 1 aromatic carbocycles. The Balaban J connectivity index is 1.93. The van der Waals surface area contributed by atoms with Crippen molar-refractivity contribution in [3.8, 4) is 0 Å². The number of unbranched alkanes of at least 4 members (excludes halogenated alkanes) is 6. The van der Waals surface area contributed by atoms with Crippen molar-refractivity contribution in [2.75, 3.05) is 11.9 Å². The van der Waals surface area contributed by atoms with Crippen LogP contribution in [0, 0.1) is 0 Å². The quantitative estimate of drug-likeness (QED) is 0.378. The summed E-state index contributed by atoms with van der Waals surface area (Å²) in [4.78, 5) is 24.6. The van der Waals surface area contributed by atoms with Crippen LogP contribution in [0.5, 0.6) is 0 Å². The van der Waals surface area contributed by atoms with E-state index in [0.717, 1.165) is 22.9 Å². The molecule has 0 saturated carbocycles. The second kappa shape index (κ2) is 11.0. The van der Waals surface area contributed by atoms with Crippen LogP contribution < -0.4 is 5.32 Å². The molecule has 1 aromatic heterocycles. The lowest BCUT2D eigenvalue weighted by Crippen LogP contribution is -2.14. The second-order valence-electron chi connectivity index (χ2n) is 6.44. The first-order valence-electron chi connectivity index (χ1n) is 9.65. The van der Waals surface area contributed by atoms with Gasteiger partial charge in [-0.2, -0.15) is 0 Å². The maximum atomic E-state index is 12.3. The van der Waals surface area contributed by atoms with E-state index in [0.29, 0.717) is 23.6 Å². The molecule has 0 radical (unpaired) electrons. The number of ether oxygens (including phenoxy) is 1. The summed E-state index contributed by atoms with van der Waals surface area (Å²) in [5, 5.41) is 4.36. The molecule has 2 rings (SSSR count). The van der Waals surface area contributed by atoms with Gasteiger partial charge in [0.1, 0.15) is 10.6 Å². The predicted molar refractivity (Wildman–Crippen MR) is 109 cm³/mol. The van der Waals surface area contributed by atoms with Crippen LogP contribution in [0.15, 0.2) is 24.3 Å². The number of amides is 1. The van der Waals surface area contributed by atoms with E-state index >= 15 is 0 Å². The molecule has 0 bridgehead atoms. The van der Waals surface area contributed by atoms with Gasteiger partial charge in [0.05, 0.1) is 6.61 Å². The fourth-order valence-corrected chi connectivity index (χ4v) is 4.08. The highest BCUT2D eigenvalue weighted by molar-refractivity contribution is 7.23. The molecular weight excluding hydrogens is 346 g/mol. The summed E-state index contributed by atoms with van der Waals surface area (Å²) in [7, 11) is 0. The van der Waals surface area contributed by atoms with Crippen LogP contribution in [-0.2, 0) is 9.53 Å². The Labute approximate surface area is 159 Å². The second-order valence-corrected chi connectivity index (χ2v) is 7.49. The molecule has 26 heavy (non-hydrogen) atoms. The minimum absolute atomic E-state index is 0.0318. The summed E-state index contributed by atoms with van der Waals surface area (Å²) >= 11 is 1.43. The number of hydrogen-bond donors (Lipinski definition) is 1. The number of carbonyl (C=O) groups excluding carboxylic acids is 2. The Bertz CT molecular complexity index is 723. The van der Waals surface area contributed by atoms with Crippen LogP contribution in [0.2, 0.25) is 0 Å². The van der Waals surface area contributed by atoms with Gasteiger partial charge in [-0.3, -0.25) is 4.79 Å². The smallest absolute Gasteiger partial charge is 0.341 e. The number of anilines is 1. The van der Waals surface area contributed by atoms with Gasteiger partial charge in [-0.25, -0.2) is 4.79 Å². The first-order chi connectivity index (χ1) is 12.7. The van der Waals surface area contributed by atoms with E-state index in [4.69, 9.17) is 4.74 Å². The number of esters is 1. The zero-order valence-corrected chi connectivity index (χ0v) is 16.6. The Morgan fingerprint density at radius 1 is 1.00 bits per heavy atom. The first kappa shape index (κ1) is 20.4. The highest BCUT2D eigenvalue weighted by atomic mass is 32.1. The van der Waals surface area contributed by atoms with Crippen LogP contribution in [0.1, 0.15) is 75.6 Å². The van der Waals surface area contributed by atoms with Gasteiger partial charge in [-0.05, 0) is 19.4 Å². The van der Waals surface area contributed by atoms with Gasteiger partial charge in [0.25, 0.3) is 0 Å². The lowest BCUT2D eigenvalue weighted by atomic mass is 10.1. The van der Waals surface area contributed by atoms with E-state index in [-0.39, 0.29) is 11.9 Å². The van der Waals surface area contributed by atoms with Crippen LogP contribution >= 0.6 is 11.3 Å². The molecule has 1 N–H and O–H groups in total. The molecule has 0 fully saturated rings. The van der Waals surface area contributed by atoms with Gasteiger partial charge in [0.15, 0.2) is 0 Å². The Kier molecular flexibility index (Phi) is 8.62. The van der Waals surface area contributed by atoms with E-state index < -0.39 is 0 Å². The lowest BCUT2D eigenvalue weighted by Gasteiger charge is -2.07. The molecule has 5 heteroatoms. The third kappa shape index (κ3) is 5.84. The molecule has 0 aliphatic heterocycles. The Morgan fingerprint density at radius 3 is 2.42 bits per heavy atom. The van der Waals surface area contributed by atoms with E-state index in [9.17, 15) is 9.59 Å². The van der Waals surface area contributed by atoms with Crippen molar-refractivity contribution in [3.63, 3.8) is 0 Å². The summed E-state index contributed by atoms with van der Waals surface area (Å²) in [6.45, 7) is 4.31. The molecule has 4 nitrogen and oxygen atoms in total. The third-order valence-electron chi connectivity index (χ3n) is 4.34. The molecular formula is C21H29NO3S. The SMILES string of the molecule is CCCCCCCCCC(=O)Nc1sc2ccccc2c1C(=O)OCC. The number of benzene rings is 1. The number of rotatable bonds is 11.